The molecule has 0 spiro atoms. The lowest BCUT2D eigenvalue weighted by atomic mass is 10.1. The largest absolute Gasteiger partial charge is 0.453 e. The van der Waals surface area contributed by atoms with Gasteiger partial charge in [-0.2, -0.15) is 0 Å². The summed E-state index contributed by atoms with van der Waals surface area (Å²) < 4.78 is 6.93. The molecule has 3 rings (SSSR count). The maximum absolute atomic E-state index is 12.5. The molecule has 3 aromatic heterocycles. The van der Waals surface area contributed by atoms with Crippen molar-refractivity contribution in [2.45, 2.75) is 13.8 Å². The number of rotatable bonds is 5. The summed E-state index contributed by atoms with van der Waals surface area (Å²) in [5.74, 6) is -1.21. The van der Waals surface area contributed by atoms with Crippen LogP contribution >= 0.6 is 46.1 Å². The third-order valence-electron chi connectivity index (χ3n) is 3.79. The molecule has 0 aliphatic rings. The molecule has 0 radical (unpaired) electrons. The molecule has 0 fully saturated rings. The van der Waals surface area contributed by atoms with Crippen molar-refractivity contribution in [3.63, 3.8) is 0 Å². The van der Waals surface area contributed by atoms with E-state index in [1.165, 1.54) is 17.5 Å². The summed E-state index contributed by atoms with van der Waals surface area (Å²) in [6, 6.07) is 1.73. The number of esters is 1. The van der Waals surface area contributed by atoms with Crippen molar-refractivity contribution in [2.24, 2.45) is 0 Å². The molecule has 6 nitrogen and oxygen atoms in total. The second-order valence-corrected chi connectivity index (χ2v) is 7.55. The number of ketones is 1. The Morgan fingerprint density at radius 1 is 1.19 bits per heavy atom. The molecule has 0 bridgehead atoms. The van der Waals surface area contributed by atoms with E-state index in [0.29, 0.717) is 11.3 Å². The lowest BCUT2D eigenvalue weighted by Crippen LogP contribution is -2.16. The highest BCUT2D eigenvalue weighted by Crippen LogP contribution is 2.31. The Kier molecular flexibility index (Phi) is 5.86. The molecule has 0 saturated carbocycles. The van der Waals surface area contributed by atoms with Crippen molar-refractivity contribution in [1.29, 1.82) is 0 Å². The normalized spacial score (nSPS) is 10.9. The second-order valence-electron chi connectivity index (χ2n) is 5.52. The minimum Gasteiger partial charge on any atom is -0.453 e. The molecule has 3 aromatic rings. The van der Waals surface area contributed by atoms with Crippen LogP contribution in [0.1, 0.15) is 32.2 Å². The zero-order valence-corrected chi connectivity index (χ0v) is 17.2. The van der Waals surface area contributed by atoms with E-state index < -0.39 is 12.6 Å². The Bertz CT molecular complexity index is 1030. The molecular weight excluding hydrogens is 433 g/mol. The Hall–Kier alpha value is -1.93. The highest BCUT2D eigenvalue weighted by Gasteiger charge is 2.22. The monoisotopic (exact) mass is 443 g/mol. The smallest absolute Gasteiger partial charge is 0.358 e. The van der Waals surface area contributed by atoms with E-state index in [2.05, 4.69) is 9.97 Å². The highest BCUT2D eigenvalue weighted by molar-refractivity contribution is 7.12. The van der Waals surface area contributed by atoms with Crippen LogP contribution in [0.3, 0.4) is 0 Å². The number of hydrogen-bond donors (Lipinski definition) is 0. The van der Waals surface area contributed by atoms with E-state index in [1.54, 1.807) is 19.2 Å². The molecule has 0 atom stereocenters. The number of pyridine rings is 1. The zero-order valence-electron chi connectivity index (χ0n) is 14.1. The lowest BCUT2D eigenvalue weighted by Gasteiger charge is -2.07. The van der Waals surface area contributed by atoms with Gasteiger partial charge in [0, 0.05) is 34.7 Å². The van der Waals surface area contributed by atoms with Crippen LogP contribution in [0.5, 0.6) is 0 Å². The van der Waals surface area contributed by atoms with E-state index in [-0.39, 0.29) is 26.5 Å². The third kappa shape index (κ3) is 3.87. The van der Waals surface area contributed by atoms with E-state index in [4.69, 9.17) is 39.5 Å². The van der Waals surface area contributed by atoms with E-state index in [9.17, 15) is 9.59 Å². The lowest BCUT2D eigenvalue weighted by molar-refractivity contribution is 0.0469. The van der Waals surface area contributed by atoms with Gasteiger partial charge in [0.2, 0.25) is 5.78 Å². The number of aryl methyl sites for hydroxylation is 1. The number of nitrogens with zero attached hydrogens (tertiary/aromatic N) is 3. The van der Waals surface area contributed by atoms with Gasteiger partial charge >= 0.3 is 5.97 Å². The fourth-order valence-electron chi connectivity index (χ4n) is 2.53. The molecule has 0 amide bonds. The Labute approximate surface area is 173 Å². The topological polar surface area (TPSA) is 74.1 Å². The molecule has 0 saturated heterocycles. The molecule has 0 N–H and O–H groups in total. The van der Waals surface area contributed by atoms with Crippen molar-refractivity contribution < 1.29 is 14.3 Å². The number of carbonyl (C=O) groups excluding carboxylic acids is 2. The first-order valence-corrected chi connectivity index (χ1v) is 9.61. The predicted octanol–water partition coefficient (Wildman–Crippen LogP) is 4.95. The fourth-order valence-corrected chi connectivity index (χ4v) is 3.84. The average molecular weight is 445 g/mol. The van der Waals surface area contributed by atoms with Gasteiger partial charge in [0.15, 0.2) is 17.4 Å². The quantitative estimate of drug-likeness (QED) is 0.411. The molecule has 0 aliphatic heterocycles. The van der Waals surface area contributed by atoms with Crippen LogP contribution in [-0.2, 0) is 4.74 Å². The predicted molar refractivity (Wildman–Crippen MR) is 105 cm³/mol. The molecule has 0 aromatic carbocycles. The molecule has 27 heavy (non-hydrogen) atoms. The molecule has 0 unspecified atom stereocenters. The Morgan fingerprint density at radius 3 is 2.59 bits per heavy atom. The van der Waals surface area contributed by atoms with Crippen LogP contribution in [0, 0.1) is 13.8 Å². The average Bonchev–Trinajstić information content (AvgIpc) is 3.25. The van der Waals surface area contributed by atoms with Crippen LogP contribution in [0.15, 0.2) is 23.8 Å². The highest BCUT2D eigenvalue weighted by atomic mass is 35.5. The maximum Gasteiger partial charge on any atom is 0.358 e. The van der Waals surface area contributed by atoms with Gasteiger partial charge in [-0.3, -0.25) is 9.36 Å². The number of ether oxygens (including phenoxy) is 1. The third-order valence-corrected chi connectivity index (χ3v) is 5.78. The maximum atomic E-state index is 12.5. The summed E-state index contributed by atoms with van der Waals surface area (Å²) in [4.78, 5) is 32.8. The number of aromatic nitrogens is 3. The van der Waals surface area contributed by atoms with Gasteiger partial charge in [-0.05, 0) is 19.9 Å². The molecule has 3 heterocycles. The fraction of sp³-hybridized carbons (Fsp3) is 0.176. The Balaban J connectivity index is 1.76. The van der Waals surface area contributed by atoms with Crippen LogP contribution in [-0.4, -0.2) is 32.9 Å². The Morgan fingerprint density at radius 2 is 1.93 bits per heavy atom. The van der Waals surface area contributed by atoms with Gasteiger partial charge in [0.1, 0.15) is 0 Å². The second kappa shape index (κ2) is 7.98. The van der Waals surface area contributed by atoms with Gasteiger partial charge in [-0.1, -0.05) is 34.8 Å². The van der Waals surface area contributed by atoms with Crippen LogP contribution < -0.4 is 0 Å². The van der Waals surface area contributed by atoms with Gasteiger partial charge in [-0.25, -0.2) is 14.8 Å². The summed E-state index contributed by atoms with van der Waals surface area (Å²) >= 11 is 19.1. The first-order valence-electron chi connectivity index (χ1n) is 7.60. The van der Waals surface area contributed by atoms with Crippen molar-refractivity contribution in [3.8, 4) is 5.13 Å². The van der Waals surface area contributed by atoms with Crippen molar-refractivity contribution in [1.82, 2.24) is 14.5 Å². The summed E-state index contributed by atoms with van der Waals surface area (Å²) in [6.07, 6.45) is 2.88. The first-order chi connectivity index (χ1) is 12.8. The summed E-state index contributed by atoms with van der Waals surface area (Å²) in [6.45, 7) is 3.22. The number of thiazole rings is 1. The zero-order chi connectivity index (χ0) is 19.7. The number of Topliss-reactive ketones (excluding diaryl/α,β-unsaturated/α-hetero) is 1. The number of carbonyl (C=O) groups is 2. The molecule has 140 valence electrons. The van der Waals surface area contributed by atoms with E-state index >= 15 is 0 Å². The minimum absolute atomic E-state index is 0.00129. The van der Waals surface area contributed by atoms with E-state index in [0.717, 1.165) is 10.8 Å². The van der Waals surface area contributed by atoms with Crippen LogP contribution in [0.4, 0.5) is 0 Å². The standard InChI is InChI=1S/C17H12Cl3N3O3S/c1-8-5-10(9(2)23(8)17-21-3-4-27-17)12(24)7-26-16(25)15-14(20)13(19)11(18)6-22-15/h3-6H,7H2,1-2H3. The van der Waals surface area contributed by atoms with Crippen LogP contribution in [0.2, 0.25) is 15.1 Å². The molecule has 0 aliphatic carbocycles. The number of halogens is 3. The van der Waals surface area contributed by atoms with Gasteiger partial charge in [-0.15, -0.1) is 11.3 Å². The SMILES string of the molecule is Cc1cc(C(=O)COC(=O)c2ncc(Cl)c(Cl)c2Cl)c(C)n1-c1nccs1. The summed E-state index contributed by atoms with van der Waals surface area (Å²) in [5.41, 5.74) is 1.82. The van der Waals surface area contributed by atoms with Crippen molar-refractivity contribution in [2.75, 3.05) is 6.61 Å². The van der Waals surface area contributed by atoms with E-state index in [1.807, 2.05) is 16.9 Å². The molecule has 10 heteroatoms. The van der Waals surface area contributed by atoms with Gasteiger partial charge in [0.25, 0.3) is 0 Å². The summed E-state index contributed by atoms with van der Waals surface area (Å²) in [5, 5.41) is 2.60. The first kappa shape index (κ1) is 19.8. The van der Waals surface area contributed by atoms with Crippen molar-refractivity contribution >= 4 is 57.9 Å². The molecular formula is C17H12Cl3N3O3S. The van der Waals surface area contributed by atoms with Gasteiger partial charge in [0.05, 0.1) is 15.1 Å². The summed E-state index contributed by atoms with van der Waals surface area (Å²) in [7, 11) is 0. The minimum atomic E-state index is -0.861. The number of hydrogen-bond acceptors (Lipinski definition) is 6. The van der Waals surface area contributed by atoms with Crippen LogP contribution in [0.25, 0.3) is 5.13 Å². The van der Waals surface area contributed by atoms with Crippen molar-refractivity contribution in [3.05, 3.63) is 61.6 Å². The van der Waals surface area contributed by atoms with Gasteiger partial charge < -0.3 is 4.74 Å².